The van der Waals surface area contributed by atoms with E-state index in [1.807, 2.05) is 0 Å². The molecule has 4 nitrogen and oxygen atoms in total. The van der Waals surface area contributed by atoms with Gasteiger partial charge < -0.3 is 11.1 Å². The van der Waals surface area contributed by atoms with Crippen LogP contribution >= 0.6 is 27.5 Å². The Morgan fingerprint density at radius 3 is 2.78 bits per heavy atom. The highest BCUT2D eigenvalue weighted by atomic mass is 79.9. The maximum absolute atomic E-state index is 11.9. The first-order chi connectivity index (χ1) is 8.56. The number of benzene rings is 1. The van der Waals surface area contributed by atoms with Crippen LogP contribution in [0.3, 0.4) is 0 Å². The molecule has 0 aliphatic heterocycles. The van der Waals surface area contributed by atoms with Gasteiger partial charge in [-0.05, 0) is 46.3 Å². The minimum Gasteiger partial charge on any atom is -0.399 e. The van der Waals surface area contributed by atoms with E-state index in [9.17, 15) is 4.79 Å². The van der Waals surface area contributed by atoms with Crippen molar-refractivity contribution in [3.8, 4) is 0 Å². The summed E-state index contributed by atoms with van der Waals surface area (Å²) in [5, 5.41) is 3.21. The second-order valence-electron chi connectivity index (χ2n) is 3.56. The Morgan fingerprint density at radius 1 is 1.33 bits per heavy atom. The quantitative estimate of drug-likeness (QED) is 0.889. The number of halogens is 2. The van der Waals surface area contributed by atoms with Crippen molar-refractivity contribution in [3.05, 3.63) is 51.7 Å². The largest absolute Gasteiger partial charge is 0.399 e. The van der Waals surface area contributed by atoms with Gasteiger partial charge in [0.25, 0.3) is 5.91 Å². The third kappa shape index (κ3) is 3.00. The Bertz CT molecular complexity index is 604. The highest BCUT2D eigenvalue weighted by Crippen LogP contribution is 2.25. The number of aromatic nitrogens is 1. The van der Waals surface area contributed by atoms with Crippen molar-refractivity contribution in [2.24, 2.45) is 0 Å². The van der Waals surface area contributed by atoms with Gasteiger partial charge in [0, 0.05) is 22.0 Å². The van der Waals surface area contributed by atoms with Crippen molar-refractivity contribution in [3.63, 3.8) is 0 Å². The molecule has 0 aliphatic carbocycles. The molecule has 0 spiro atoms. The molecule has 0 saturated heterocycles. The van der Waals surface area contributed by atoms with E-state index < -0.39 is 0 Å². The van der Waals surface area contributed by atoms with Gasteiger partial charge in [-0.3, -0.25) is 9.78 Å². The summed E-state index contributed by atoms with van der Waals surface area (Å²) in [5.74, 6) is -0.333. The highest BCUT2D eigenvalue weighted by Gasteiger charge is 2.08. The molecule has 1 aromatic carbocycles. The molecular formula is C12H9BrClN3O. The lowest BCUT2D eigenvalue weighted by atomic mass is 10.2. The molecule has 1 aromatic heterocycles. The number of nitrogens with two attached hydrogens (primary N) is 1. The van der Waals surface area contributed by atoms with Crippen LogP contribution in [-0.2, 0) is 0 Å². The predicted octanol–water partition coefficient (Wildman–Crippen LogP) is 3.33. The van der Waals surface area contributed by atoms with Crippen molar-refractivity contribution in [1.29, 1.82) is 0 Å². The van der Waals surface area contributed by atoms with Crippen LogP contribution in [0.5, 0.6) is 0 Å². The van der Waals surface area contributed by atoms with Crippen LogP contribution in [0.2, 0.25) is 5.02 Å². The minimum atomic E-state index is -0.333. The van der Waals surface area contributed by atoms with E-state index in [2.05, 4.69) is 26.2 Å². The fourth-order valence-corrected chi connectivity index (χ4v) is 1.77. The first kappa shape index (κ1) is 12.9. The van der Waals surface area contributed by atoms with E-state index in [1.54, 1.807) is 24.3 Å². The lowest BCUT2D eigenvalue weighted by Gasteiger charge is -2.06. The Labute approximate surface area is 117 Å². The topological polar surface area (TPSA) is 68.0 Å². The van der Waals surface area contributed by atoms with E-state index in [0.29, 0.717) is 16.4 Å². The molecule has 92 valence electrons. The summed E-state index contributed by atoms with van der Waals surface area (Å²) in [4.78, 5) is 15.8. The van der Waals surface area contributed by atoms with Crippen molar-refractivity contribution in [2.75, 3.05) is 11.1 Å². The molecule has 1 amide bonds. The number of rotatable bonds is 2. The number of hydrogen-bond acceptors (Lipinski definition) is 3. The zero-order valence-electron chi connectivity index (χ0n) is 9.15. The van der Waals surface area contributed by atoms with Crippen molar-refractivity contribution >= 4 is 44.8 Å². The average Bonchev–Trinajstić information content (AvgIpc) is 2.34. The summed E-state index contributed by atoms with van der Waals surface area (Å²) in [6.45, 7) is 0. The summed E-state index contributed by atoms with van der Waals surface area (Å²) in [7, 11) is 0. The smallest absolute Gasteiger partial charge is 0.274 e. The van der Waals surface area contributed by atoms with Crippen LogP contribution in [0.1, 0.15) is 10.5 Å². The summed E-state index contributed by atoms with van der Waals surface area (Å²) >= 11 is 9.21. The van der Waals surface area contributed by atoms with Gasteiger partial charge in [-0.15, -0.1) is 0 Å². The maximum Gasteiger partial charge on any atom is 0.274 e. The van der Waals surface area contributed by atoms with E-state index in [-0.39, 0.29) is 11.6 Å². The number of hydrogen-bond donors (Lipinski definition) is 2. The van der Waals surface area contributed by atoms with Crippen LogP contribution in [-0.4, -0.2) is 10.9 Å². The molecule has 0 atom stereocenters. The Balaban J connectivity index is 2.18. The average molecular weight is 327 g/mol. The van der Waals surface area contributed by atoms with Gasteiger partial charge in [0.05, 0.1) is 5.02 Å². The Hall–Kier alpha value is -1.59. The number of anilines is 2. The first-order valence-electron chi connectivity index (χ1n) is 5.04. The standard InChI is InChI=1S/C12H9BrClN3O/c13-9-2-1-8(6-10(9)14)17-12(18)11-5-7(15)3-4-16-11/h1-6H,(H2,15,16)(H,17,18). The molecule has 6 heteroatoms. The summed E-state index contributed by atoms with van der Waals surface area (Å²) in [6.07, 6.45) is 1.48. The van der Waals surface area contributed by atoms with Gasteiger partial charge in [-0.2, -0.15) is 0 Å². The van der Waals surface area contributed by atoms with Crippen LogP contribution in [0, 0.1) is 0 Å². The van der Waals surface area contributed by atoms with E-state index in [0.717, 1.165) is 4.47 Å². The van der Waals surface area contributed by atoms with Crippen LogP contribution in [0.15, 0.2) is 41.0 Å². The molecule has 0 radical (unpaired) electrons. The number of nitrogens with one attached hydrogen (secondary N) is 1. The summed E-state index contributed by atoms with van der Waals surface area (Å²) in [5.41, 5.74) is 6.93. The lowest BCUT2D eigenvalue weighted by molar-refractivity contribution is 0.102. The minimum absolute atomic E-state index is 0.258. The number of amides is 1. The zero-order valence-corrected chi connectivity index (χ0v) is 11.5. The number of carbonyl (C=O) groups is 1. The van der Waals surface area contributed by atoms with Gasteiger partial charge in [0.15, 0.2) is 0 Å². The predicted molar refractivity (Wildman–Crippen MR) is 75.8 cm³/mol. The van der Waals surface area contributed by atoms with Gasteiger partial charge >= 0.3 is 0 Å². The lowest BCUT2D eigenvalue weighted by Crippen LogP contribution is -2.13. The summed E-state index contributed by atoms with van der Waals surface area (Å²) in [6, 6.07) is 8.27. The van der Waals surface area contributed by atoms with Gasteiger partial charge in [-0.1, -0.05) is 11.6 Å². The van der Waals surface area contributed by atoms with Crippen molar-refractivity contribution in [1.82, 2.24) is 4.98 Å². The molecule has 3 N–H and O–H groups in total. The maximum atomic E-state index is 11.9. The highest BCUT2D eigenvalue weighted by molar-refractivity contribution is 9.10. The summed E-state index contributed by atoms with van der Waals surface area (Å²) < 4.78 is 0.768. The Kier molecular flexibility index (Phi) is 3.84. The SMILES string of the molecule is Nc1ccnc(C(=O)Nc2ccc(Br)c(Cl)c2)c1. The van der Waals surface area contributed by atoms with Crippen LogP contribution in [0.25, 0.3) is 0 Å². The molecule has 0 fully saturated rings. The molecular weight excluding hydrogens is 318 g/mol. The number of nitrogens with zero attached hydrogens (tertiary/aromatic N) is 1. The monoisotopic (exact) mass is 325 g/mol. The molecule has 1 heterocycles. The second kappa shape index (κ2) is 5.37. The first-order valence-corrected chi connectivity index (χ1v) is 6.21. The third-order valence-electron chi connectivity index (χ3n) is 2.19. The molecule has 2 aromatic rings. The molecule has 0 unspecified atom stereocenters. The molecule has 2 rings (SSSR count). The number of carbonyl (C=O) groups excluding carboxylic acids is 1. The van der Waals surface area contributed by atoms with E-state index in [1.165, 1.54) is 12.3 Å². The fraction of sp³-hybridized carbons (Fsp3) is 0. The second-order valence-corrected chi connectivity index (χ2v) is 4.82. The van der Waals surface area contributed by atoms with E-state index >= 15 is 0 Å². The molecule has 0 bridgehead atoms. The van der Waals surface area contributed by atoms with Crippen LogP contribution < -0.4 is 11.1 Å². The molecule has 18 heavy (non-hydrogen) atoms. The fourth-order valence-electron chi connectivity index (χ4n) is 1.34. The normalized spacial score (nSPS) is 10.1. The van der Waals surface area contributed by atoms with Crippen molar-refractivity contribution < 1.29 is 4.79 Å². The molecule has 0 aliphatic rings. The zero-order chi connectivity index (χ0) is 13.1. The van der Waals surface area contributed by atoms with Gasteiger partial charge in [0.2, 0.25) is 0 Å². The van der Waals surface area contributed by atoms with E-state index in [4.69, 9.17) is 17.3 Å². The number of pyridine rings is 1. The third-order valence-corrected chi connectivity index (χ3v) is 3.43. The molecule has 0 saturated carbocycles. The van der Waals surface area contributed by atoms with Gasteiger partial charge in [-0.25, -0.2) is 0 Å². The van der Waals surface area contributed by atoms with Crippen molar-refractivity contribution in [2.45, 2.75) is 0 Å². The van der Waals surface area contributed by atoms with Crippen LogP contribution in [0.4, 0.5) is 11.4 Å². The Morgan fingerprint density at radius 2 is 2.11 bits per heavy atom. The van der Waals surface area contributed by atoms with Gasteiger partial charge in [0.1, 0.15) is 5.69 Å². The number of nitrogen functional groups attached to an aromatic ring is 1.